The van der Waals surface area contributed by atoms with Crippen molar-refractivity contribution >= 4 is 63.4 Å². The van der Waals surface area contributed by atoms with Crippen LogP contribution in [0.15, 0.2) is 80.7 Å². The Morgan fingerprint density at radius 3 is 2.11 bits per heavy atom. The van der Waals surface area contributed by atoms with Gasteiger partial charge in [-0.3, -0.25) is 0 Å². The predicted molar refractivity (Wildman–Crippen MR) is 123 cm³/mol. The van der Waals surface area contributed by atoms with E-state index in [0.29, 0.717) is 5.56 Å². The molecule has 0 unspecified atom stereocenters. The summed E-state index contributed by atoms with van der Waals surface area (Å²) < 4.78 is 29.4. The number of rotatable bonds is 5. The highest BCUT2D eigenvalue weighted by Gasteiger charge is 2.16. The molecule has 0 radical (unpaired) electrons. The number of sulfonamides is 1. The molecule has 0 aliphatic carbocycles. The van der Waals surface area contributed by atoms with Crippen LogP contribution in [0.4, 0.5) is 11.4 Å². The fourth-order valence-corrected chi connectivity index (χ4v) is 4.24. The Balaban J connectivity index is 0.00000196. The molecule has 28 heavy (non-hydrogen) atoms. The maximum Gasteiger partial charge on any atom is 0.293 e. The molecule has 9 heteroatoms. The lowest BCUT2D eigenvalue weighted by atomic mass is 10.2. The van der Waals surface area contributed by atoms with Gasteiger partial charge < -0.3 is 10.2 Å². The van der Waals surface area contributed by atoms with Gasteiger partial charge in [-0.05, 0) is 35.7 Å². The second-order valence-electron chi connectivity index (χ2n) is 5.78. The summed E-state index contributed by atoms with van der Waals surface area (Å²) in [5.74, 6) is 0.289. The summed E-state index contributed by atoms with van der Waals surface area (Å²) in [4.78, 5) is 2.00. The third kappa shape index (κ3) is 5.97. The summed E-state index contributed by atoms with van der Waals surface area (Å²) in [5, 5.41) is 4.86. The summed E-state index contributed by atoms with van der Waals surface area (Å²) in [6.07, 6.45) is 0. The Labute approximate surface area is 182 Å². The van der Waals surface area contributed by atoms with Crippen LogP contribution in [0.2, 0.25) is 0 Å². The van der Waals surface area contributed by atoms with Crippen LogP contribution in [0.25, 0.3) is 0 Å². The first-order valence-corrected chi connectivity index (χ1v) is 10.3. The number of hydrogen-bond acceptors (Lipinski definition) is 4. The largest absolute Gasteiger partial charge is 0.378 e. The SMILES string of the molecule is CN(C)c1ccc(NC(=NS(=O)(=O)c2cccs2)c2ccccc2)cc1.Cl.Cl. The lowest BCUT2D eigenvalue weighted by Gasteiger charge is -2.14. The number of hydrogen-bond donors (Lipinski definition) is 1. The van der Waals surface area contributed by atoms with Gasteiger partial charge >= 0.3 is 0 Å². The highest BCUT2D eigenvalue weighted by atomic mass is 35.5. The van der Waals surface area contributed by atoms with Crippen molar-refractivity contribution in [3.63, 3.8) is 0 Å². The lowest BCUT2D eigenvalue weighted by molar-refractivity contribution is 0.600. The molecule has 0 amide bonds. The normalized spacial score (nSPS) is 11.1. The van der Waals surface area contributed by atoms with Gasteiger partial charge in [-0.1, -0.05) is 36.4 Å². The van der Waals surface area contributed by atoms with Crippen molar-refractivity contribution in [2.24, 2.45) is 4.40 Å². The second-order valence-corrected chi connectivity index (χ2v) is 8.56. The van der Waals surface area contributed by atoms with Gasteiger partial charge in [0.15, 0.2) is 5.84 Å². The highest BCUT2D eigenvalue weighted by molar-refractivity contribution is 7.92. The van der Waals surface area contributed by atoms with E-state index in [1.54, 1.807) is 17.5 Å². The predicted octanol–water partition coefficient (Wildman–Crippen LogP) is 4.91. The molecule has 0 aliphatic heterocycles. The zero-order valence-corrected chi connectivity index (χ0v) is 18.5. The van der Waals surface area contributed by atoms with Gasteiger partial charge in [0.2, 0.25) is 0 Å². The van der Waals surface area contributed by atoms with Crippen molar-refractivity contribution in [2.75, 3.05) is 24.3 Å². The van der Waals surface area contributed by atoms with Crippen LogP contribution in [0.5, 0.6) is 0 Å². The fraction of sp³-hybridized carbons (Fsp3) is 0.105. The topological polar surface area (TPSA) is 61.8 Å². The molecule has 1 heterocycles. The number of anilines is 2. The lowest BCUT2D eigenvalue weighted by Crippen LogP contribution is -2.16. The maximum absolute atomic E-state index is 12.6. The van der Waals surface area contributed by atoms with Crippen LogP contribution in [0.3, 0.4) is 0 Å². The van der Waals surface area contributed by atoms with Gasteiger partial charge in [-0.2, -0.15) is 8.42 Å². The van der Waals surface area contributed by atoms with Crippen LogP contribution >= 0.6 is 36.2 Å². The molecule has 150 valence electrons. The van der Waals surface area contributed by atoms with E-state index in [4.69, 9.17) is 0 Å². The van der Waals surface area contributed by atoms with Crippen LogP contribution in [0, 0.1) is 0 Å². The Hall–Kier alpha value is -2.06. The van der Waals surface area contributed by atoms with Crippen molar-refractivity contribution in [3.8, 4) is 0 Å². The summed E-state index contributed by atoms with van der Waals surface area (Å²) in [5.41, 5.74) is 2.52. The molecule has 3 aromatic rings. The number of benzene rings is 2. The van der Waals surface area contributed by atoms with Crippen molar-refractivity contribution in [3.05, 3.63) is 77.7 Å². The third-order valence-corrected chi connectivity index (χ3v) is 6.30. The molecule has 0 saturated heterocycles. The Kier molecular flexibility index (Phi) is 8.97. The molecular formula is C19H21Cl2N3O2S2. The van der Waals surface area contributed by atoms with Gasteiger partial charge in [0, 0.05) is 31.0 Å². The van der Waals surface area contributed by atoms with Gasteiger partial charge in [0.1, 0.15) is 4.21 Å². The zero-order valence-electron chi connectivity index (χ0n) is 15.3. The summed E-state index contributed by atoms with van der Waals surface area (Å²) in [6, 6.07) is 20.2. The molecule has 5 nitrogen and oxygen atoms in total. The van der Waals surface area contributed by atoms with Crippen molar-refractivity contribution < 1.29 is 8.42 Å². The van der Waals surface area contributed by atoms with E-state index in [1.807, 2.05) is 73.6 Å². The number of amidine groups is 1. The number of nitrogens with one attached hydrogen (secondary N) is 1. The van der Waals surface area contributed by atoms with Crippen LogP contribution in [0.1, 0.15) is 5.56 Å². The van der Waals surface area contributed by atoms with Gasteiger partial charge in [0.25, 0.3) is 10.0 Å². The number of thiophene rings is 1. The smallest absolute Gasteiger partial charge is 0.293 e. The number of nitrogens with zero attached hydrogens (tertiary/aromatic N) is 2. The second kappa shape index (κ2) is 10.5. The van der Waals surface area contributed by atoms with E-state index in [1.165, 1.54) is 0 Å². The van der Waals surface area contributed by atoms with Crippen molar-refractivity contribution in [1.82, 2.24) is 0 Å². The molecule has 0 saturated carbocycles. The molecule has 0 spiro atoms. The minimum Gasteiger partial charge on any atom is -0.378 e. The molecule has 0 aliphatic rings. The van der Waals surface area contributed by atoms with E-state index in [2.05, 4.69) is 9.71 Å². The standard InChI is InChI=1S/C19H19N3O2S2.2ClH/c1-22(2)17-12-10-16(11-13-17)20-19(15-7-4-3-5-8-15)21-26(23,24)18-9-6-14-25-18;;/h3-14H,1-2H3,(H,20,21);2*1H. The fourth-order valence-electron chi connectivity index (χ4n) is 2.30. The first kappa shape index (κ1) is 24.0. The van der Waals surface area contributed by atoms with E-state index < -0.39 is 10.0 Å². The Morgan fingerprint density at radius 2 is 1.57 bits per heavy atom. The third-order valence-electron chi connectivity index (χ3n) is 3.65. The first-order chi connectivity index (χ1) is 12.5. The van der Waals surface area contributed by atoms with Crippen LogP contribution < -0.4 is 10.2 Å². The Morgan fingerprint density at radius 1 is 0.929 bits per heavy atom. The average Bonchev–Trinajstić information content (AvgIpc) is 3.18. The van der Waals surface area contributed by atoms with E-state index in [0.717, 1.165) is 22.7 Å². The summed E-state index contributed by atoms with van der Waals surface area (Å²) >= 11 is 1.15. The van der Waals surface area contributed by atoms with Gasteiger partial charge in [-0.15, -0.1) is 40.5 Å². The quantitative estimate of drug-likeness (QED) is 0.436. The summed E-state index contributed by atoms with van der Waals surface area (Å²) in [7, 11) is 0.160. The maximum atomic E-state index is 12.6. The van der Waals surface area contributed by atoms with Crippen molar-refractivity contribution in [2.45, 2.75) is 4.21 Å². The van der Waals surface area contributed by atoms with E-state index in [-0.39, 0.29) is 34.9 Å². The van der Waals surface area contributed by atoms with Gasteiger partial charge in [0.05, 0.1) is 0 Å². The molecule has 0 fully saturated rings. The van der Waals surface area contributed by atoms with Crippen molar-refractivity contribution in [1.29, 1.82) is 0 Å². The molecule has 2 aromatic carbocycles. The molecule has 1 N–H and O–H groups in total. The highest BCUT2D eigenvalue weighted by Crippen LogP contribution is 2.21. The van der Waals surface area contributed by atoms with E-state index in [9.17, 15) is 8.42 Å². The minimum absolute atomic E-state index is 0. The van der Waals surface area contributed by atoms with Crippen LogP contribution in [-0.4, -0.2) is 28.3 Å². The van der Waals surface area contributed by atoms with E-state index >= 15 is 0 Å². The monoisotopic (exact) mass is 457 g/mol. The average molecular weight is 458 g/mol. The number of halogens is 2. The molecule has 0 atom stereocenters. The van der Waals surface area contributed by atoms with Gasteiger partial charge in [-0.25, -0.2) is 0 Å². The minimum atomic E-state index is -3.77. The molecular weight excluding hydrogens is 437 g/mol. The molecule has 0 bridgehead atoms. The molecule has 1 aromatic heterocycles. The summed E-state index contributed by atoms with van der Waals surface area (Å²) in [6.45, 7) is 0. The zero-order chi connectivity index (χ0) is 18.6. The molecule has 3 rings (SSSR count). The first-order valence-electron chi connectivity index (χ1n) is 7.94. The Bertz CT molecular complexity index is 989. The van der Waals surface area contributed by atoms with Crippen LogP contribution in [-0.2, 0) is 10.0 Å².